The Balaban J connectivity index is 0.00000128. The van der Waals surface area contributed by atoms with Gasteiger partial charge in [-0.05, 0) is 0 Å². The Morgan fingerprint density at radius 2 is 1.76 bits per heavy atom. The summed E-state index contributed by atoms with van der Waals surface area (Å²) in [6.07, 6.45) is 0.869. The van der Waals surface area contributed by atoms with Crippen LogP contribution in [0.1, 0.15) is 27.7 Å². The molecule has 17 heavy (non-hydrogen) atoms. The van der Waals surface area contributed by atoms with Gasteiger partial charge in [-0.1, -0.05) is 0 Å². The molecule has 0 spiro atoms. The molecule has 1 saturated heterocycles. The van der Waals surface area contributed by atoms with E-state index in [4.69, 9.17) is 0 Å². The molecule has 5 heteroatoms. The third-order valence-corrected chi connectivity index (χ3v) is 7.50. The van der Waals surface area contributed by atoms with Crippen molar-refractivity contribution in [2.75, 3.05) is 0 Å². The minimum absolute atomic E-state index is 0. The average Bonchev–Trinajstić information content (AvgIpc) is 2.91. The molecule has 1 aliphatic carbocycles. The zero-order chi connectivity index (χ0) is 11.2. The number of nitrogens with one attached hydrogen (secondary N) is 1. The third kappa shape index (κ3) is 3.05. The molecule has 3 unspecified atom stereocenters. The van der Waals surface area contributed by atoms with Crippen LogP contribution in [0.25, 0.3) is 0 Å². The molecule has 1 fully saturated rings. The van der Waals surface area contributed by atoms with Crippen LogP contribution in [0.4, 0.5) is 0 Å². The van der Waals surface area contributed by atoms with Gasteiger partial charge in [0.15, 0.2) is 0 Å². The number of amides is 1. The number of hydrogen-bond donors (Lipinski definition) is 1. The first-order valence-electron chi connectivity index (χ1n) is 5.42. The van der Waals surface area contributed by atoms with E-state index in [9.17, 15) is 4.79 Å². The van der Waals surface area contributed by atoms with E-state index in [2.05, 4.69) is 33.0 Å². The second-order valence-electron chi connectivity index (χ2n) is 4.52. The van der Waals surface area contributed by atoms with Crippen molar-refractivity contribution in [2.24, 2.45) is 5.92 Å². The summed E-state index contributed by atoms with van der Waals surface area (Å²) >= 11 is -0.351. The molecule has 0 saturated carbocycles. The topological polar surface area (TPSA) is 29.1 Å². The molecule has 0 aromatic heterocycles. The van der Waals surface area contributed by atoms with E-state index < -0.39 is 0 Å². The van der Waals surface area contributed by atoms with Gasteiger partial charge in [0.05, 0.1) is 0 Å². The van der Waals surface area contributed by atoms with Crippen molar-refractivity contribution < 1.29 is 52.8 Å². The Hall–Kier alpha value is 0.413. The van der Waals surface area contributed by atoms with E-state index in [1.807, 2.05) is 0 Å². The van der Waals surface area contributed by atoms with Crippen LogP contribution in [-0.4, -0.2) is 10.2 Å². The van der Waals surface area contributed by atoms with E-state index >= 15 is 0 Å². The number of allylic oxidation sites excluding steroid dienone is 3. The van der Waals surface area contributed by atoms with Crippen LogP contribution in [0, 0.1) is 5.92 Å². The predicted molar refractivity (Wildman–Crippen MR) is 57.0 cm³/mol. The number of hydrogen-bond acceptors (Lipinski definition) is 1. The summed E-state index contributed by atoms with van der Waals surface area (Å²) in [7, 11) is 0. The second kappa shape index (κ2) is 6.54. The van der Waals surface area contributed by atoms with Crippen LogP contribution in [0.3, 0.4) is 0 Å². The second-order valence-corrected chi connectivity index (χ2v) is 8.39. The fourth-order valence-corrected chi connectivity index (χ4v) is 5.87. The van der Waals surface area contributed by atoms with E-state index in [0.29, 0.717) is 9.67 Å². The molecule has 94 valence electrons. The average molecular weight is 353 g/mol. The minimum Gasteiger partial charge on any atom is -1.00 e. The smallest absolute Gasteiger partial charge is 1.00 e. The molecule has 2 rings (SSSR count). The van der Waals surface area contributed by atoms with Crippen LogP contribution in [0.2, 0.25) is 3.63 Å². The molecular formula is C12H17Cl2NOZr. The van der Waals surface area contributed by atoms with Crippen molar-refractivity contribution >= 4 is 6.41 Å². The van der Waals surface area contributed by atoms with Gasteiger partial charge in [-0.2, -0.15) is 0 Å². The molecule has 0 radical (unpaired) electrons. The molecule has 1 heterocycles. The van der Waals surface area contributed by atoms with Crippen molar-refractivity contribution in [1.29, 1.82) is 0 Å². The number of halogens is 2. The van der Waals surface area contributed by atoms with Gasteiger partial charge in [0.25, 0.3) is 0 Å². The quantitative estimate of drug-likeness (QED) is 0.519. The van der Waals surface area contributed by atoms with Crippen LogP contribution in [-0.2, 0) is 28.0 Å². The maximum atomic E-state index is 10.4. The summed E-state index contributed by atoms with van der Waals surface area (Å²) in [6.45, 7) is 9.02. The van der Waals surface area contributed by atoms with E-state index in [0.717, 1.165) is 10.0 Å². The van der Waals surface area contributed by atoms with Crippen LogP contribution >= 0.6 is 0 Å². The maximum Gasteiger partial charge on any atom is -1.00 e. The van der Waals surface area contributed by atoms with Gasteiger partial charge in [0.2, 0.25) is 0 Å². The summed E-state index contributed by atoms with van der Waals surface area (Å²) in [5.74, 6) is 0.620. The van der Waals surface area contributed by atoms with Crippen molar-refractivity contribution in [3.63, 3.8) is 0 Å². The third-order valence-electron chi connectivity index (χ3n) is 3.87. The SMILES string of the molecule is CC1=C(C)C(C)C([CH]2[Zr+2][CH]2NC=O)=C1C.[Cl-].[Cl-]. The molecular weight excluding hydrogens is 336 g/mol. The van der Waals surface area contributed by atoms with Gasteiger partial charge in [-0.3, -0.25) is 0 Å². The molecule has 2 nitrogen and oxygen atoms in total. The summed E-state index contributed by atoms with van der Waals surface area (Å²) < 4.78 is 1.33. The van der Waals surface area contributed by atoms with E-state index in [-0.39, 0.29) is 48.0 Å². The Morgan fingerprint density at radius 1 is 1.18 bits per heavy atom. The monoisotopic (exact) mass is 351 g/mol. The van der Waals surface area contributed by atoms with Crippen molar-refractivity contribution in [3.05, 3.63) is 22.3 Å². The zero-order valence-corrected chi connectivity index (χ0v) is 14.4. The predicted octanol–water partition coefficient (Wildman–Crippen LogP) is -3.75. The molecule has 3 atom stereocenters. The van der Waals surface area contributed by atoms with Gasteiger partial charge < -0.3 is 24.8 Å². The first-order chi connectivity index (χ1) is 7.07. The maximum absolute atomic E-state index is 10.4. The fourth-order valence-electron chi connectivity index (χ4n) is 2.52. The summed E-state index contributed by atoms with van der Waals surface area (Å²) in [6, 6.07) is 0. The summed E-state index contributed by atoms with van der Waals surface area (Å²) in [5.41, 5.74) is 6.14. The molecule has 0 bridgehead atoms. The summed E-state index contributed by atoms with van der Waals surface area (Å²) in [5, 5.41) is 2.96. The molecule has 1 amide bonds. The Kier molecular flexibility index (Phi) is 6.70. The van der Waals surface area contributed by atoms with Crippen LogP contribution < -0.4 is 30.1 Å². The Morgan fingerprint density at radius 3 is 2.18 bits per heavy atom. The fraction of sp³-hybridized carbons (Fsp3) is 0.583. The Bertz CT molecular complexity index is 379. The van der Waals surface area contributed by atoms with Gasteiger partial charge in [0, 0.05) is 0 Å². The number of carbonyl (C=O) groups excluding carboxylic acids is 1. The zero-order valence-electron chi connectivity index (χ0n) is 10.5. The molecule has 2 aliphatic rings. The van der Waals surface area contributed by atoms with E-state index in [1.165, 1.54) is 16.7 Å². The van der Waals surface area contributed by atoms with Crippen molar-refractivity contribution in [2.45, 2.75) is 35.1 Å². The van der Waals surface area contributed by atoms with E-state index in [1.54, 1.807) is 5.57 Å². The molecule has 0 aromatic rings. The van der Waals surface area contributed by atoms with Crippen molar-refractivity contribution in [1.82, 2.24) is 5.32 Å². The van der Waals surface area contributed by atoms with Gasteiger partial charge in [0.1, 0.15) is 0 Å². The summed E-state index contributed by atoms with van der Waals surface area (Å²) in [4.78, 5) is 10.4. The van der Waals surface area contributed by atoms with Gasteiger partial charge >= 0.3 is 103 Å². The first-order valence-corrected chi connectivity index (χ1v) is 8.26. The Labute approximate surface area is 127 Å². The molecule has 1 N–H and O–H groups in total. The van der Waals surface area contributed by atoms with Crippen LogP contribution in [0.15, 0.2) is 22.3 Å². The molecule has 1 aliphatic heterocycles. The number of carbonyl (C=O) groups is 1. The van der Waals surface area contributed by atoms with Crippen molar-refractivity contribution in [3.8, 4) is 0 Å². The largest absolute Gasteiger partial charge is 1.00 e. The standard InChI is InChI=1S/C12H17NO.2ClH.Zr/c1-8-9(2)11(4)12(10(8)3)5-6-13-7-14;;;/h5-7,10H,1-4H3,(H,13,14);2*1H;/q;;;+2/p-2. The van der Waals surface area contributed by atoms with Gasteiger partial charge in [-0.15, -0.1) is 0 Å². The first kappa shape index (κ1) is 17.4. The minimum atomic E-state index is -0.351. The van der Waals surface area contributed by atoms with Gasteiger partial charge in [-0.25, -0.2) is 0 Å². The van der Waals surface area contributed by atoms with Crippen LogP contribution in [0.5, 0.6) is 0 Å². The number of rotatable bonds is 3. The normalized spacial score (nSPS) is 29.8. The molecule has 0 aromatic carbocycles.